The molecule has 2 aromatic rings. The summed E-state index contributed by atoms with van der Waals surface area (Å²) >= 11 is 0. The summed E-state index contributed by atoms with van der Waals surface area (Å²) in [5.41, 5.74) is 1.50. The van der Waals surface area contributed by atoms with Gasteiger partial charge in [0.25, 0.3) is 0 Å². The van der Waals surface area contributed by atoms with Crippen LogP contribution in [0.25, 0.3) is 0 Å². The Balaban J connectivity index is 1.69. The third-order valence-corrected chi connectivity index (χ3v) is 7.24. The second-order valence-electron chi connectivity index (χ2n) is 12.2. The van der Waals surface area contributed by atoms with Gasteiger partial charge in [-0.05, 0) is 95.5 Å². The Hall–Kier alpha value is -2.66. The average Bonchev–Trinajstić information content (AvgIpc) is 2.86. The van der Waals surface area contributed by atoms with Crippen LogP contribution in [0, 0.1) is 11.8 Å². The first-order chi connectivity index (χ1) is 18.0. The summed E-state index contributed by atoms with van der Waals surface area (Å²) < 4.78 is 11.7. The smallest absolute Gasteiger partial charge is 0.310 e. The van der Waals surface area contributed by atoms with Crippen molar-refractivity contribution < 1.29 is 19.1 Å². The highest BCUT2D eigenvalue weighted by atomic mass is 16.6. The lowest BCUT2D eigenvalue weighted by Gasteiger charge is -2.40. The molecule has 5 heteroatoms. The molecule has 0 saturated carbocycles. The first kappa shape index (κ1) is 29.9. The van der Waals surface area contributed by atoms with Crippen LogP contribution in [0.4, 0.5) is 0 Å². The Morgan fingerprint density at radius 2 is 1.66 bits per heavy atom. The summed E-state index contributed by atoms with van der Waals surface area (Å²) in [5, 5.41) is 0. The van der Waals surface area contributed by atoms with E-state index in [0.29, 0.717) is 25.0 Å². The standard InChI is InChI=1S/C33H47NO4/c1-24(2)19-20-34-25(3)11-10-14-30(34)31(35)22-28(32(36)38-33(4,5)6)21-26-15-17-29(18-16-26)37-23-27-12-8-7-9-13-27/h7-9,12-13,15-18,24-25,28,30H,10-11,14,19-23H2,1-6H3. The normalized spacial score (nSPS) is 19.2. The number of hydrogen-bond donors (Lipinski definition) is 0. The zero-order valence-corrected chi connectivity index (χ0v) is 24.2. The molecular formula is C33H47NO4. The molecule has 0 amide bonds. The number of carbonyl (C=O) groups is 2. The molecule has 0 spiro atoms. The van der Waals surface area contributed by atoms with Crippen LogP contribution in [0.1, 0.15) is 84.8 Å². The van der Waals surface area contributed by atoms with Crippen LogP contribution in [0.5, 0.6) is 5.75 Å². The molecule has 0 bridgehead atoms. The molecule has 38 heavy (non-hydrogen) atoms. The molecule has 0 N–H and O–H groups in total. The van der Waals surface area contributed by atoms with E-state index in [1.165, 1.54) is 0 Å². The average molecular weight is 522 g/mol. The SMILES string of the molecule is CC(C)CCN1C(C)CCCC1C(=O)CC(Cc1ccc(OCc2ccccc2)cc1)C(=O)OC(C)(C)C. The van der Waals surface area contributed by atoms with Gasteiger partial charge in [-0.2, -0.15) is 0 Å². The van der Waals surface area contributed by atoms with Gasteiger partial charge < -0.3 is 9.47 Å². The number of likely N-dealkylation sites (tertiary alicyclic amines) is 1. The second kappa shape index (κ2) is 13.9. The fourth-order valence-electron chi connectivity index (χ4n) is 5.12. The number of piperidine rings is 1. The quantitative estimate of drug-likeness (QED) is 0.281. The van der Waals surface area contributed by atoms with E-state index in [0.717, 1.165) is 49.1 Å². The zero-order chi connectivity index (χ0) is 27.7. The Labute approximate surface area is 229 Å². The van der Waals surface area contributed by atoms with E-state index in [2.05, 4.69) is 25.7 Å². The predicted molar refractivity (Wildman–Crippen MR) is 153 cm³/mol. The van der Waals surface area contributed by atoms with Crippen molar-refractivity contribution in [1.29, 1.82) is 0 Å². The maximum atomic E-state index is 13.7. The minimum atomic E-state index is -0.601. The first-order valence-electron chi connectivity index (χ1n) is 14.3. The van der Waals surface area contributed by atoms with Crippen molar-refractivity contribution in [3.63, 3.8) is 0 Å². The van der Waals surface area contributed by atoms with E-state index in [-0.39, 0.29) is 24.2 Å². The number of hydrogen-bond acceptors (Lipinski definition) is 5. The third kappa shape index (κ3) is 9.58. The molecule has 1 saturated heterocycles. The van der Waals surface area contributed by atoms with Crippen LogP contribution < -0.4 is 4.74 Å². The van der Waals surface area contributed by atoms with Crippen molar-refractivity contribution in [3.8, 4) is 5.75 Å². The maximum absolute atomic E-state index is 13.7. The molecule has 3 atom stereocenters. The summed E-state index contributed by atoms with van der Waals surface area (Å²) in [6.45, 7) is 13.7. The molecule has 3 unspecified atom stereocenters. The predicted octanol–water partition coefficient (Wildman–Crippen LogP) is 7.01. The fourth-order valence-corrected chi connectivity index (χ4v) is 5.12. The van der Waals surface area contributed by atoms with E-state index in [9.17, 15) is 9.59 Å². The van der Waals surface area contributed by atoms with Crippen molar-refractivity contribution in [1.82, 2.24) is 4.90 Å². The van der Waals surface area contributed by atoms with E-state index in [4.69, 9.17) is 9.47 Å². The fraction of sp³-hybridized carbons (Fsp3) is 0.576. The highest BCUT2D eigenvalue weighted by molar-refractivity contribution is 5.88. The molecular weight excluding hydrogens is 474 g/mol. The molecule has 0 radical (unpaired) electrons. The topological polar surface area (TPSA) is 55.8 Å². The Kier molecular flexibility index (Phi) is 11.0. The monoisotopic (exact) mass is 521 g/mol. The van der Waals surface area contributed by atoms with Gasteiger partial charge in [-0.15, -0.1) is 0 Å². The molecule has 1 aliphatic rings. The minimum absolute atomic E-state index is 0.115. The highest BCUT2D eigenvalue weighted by Crippen LogP contribution is 2.28. The second-order valence-corrected chi connectivity index (χ2v) is 12.2. The van der Waals surface area contributed by atoms with Crippen molar-refractivity contribution in [2.45, 2.75) is 104 Å². The number of rotatable bonds is 12. The van der Waals surface area contributed by atoms with Crippen molar-refractivity contribution >= 4 is 11.8 Å². The van der Waals surface area contributed by atoms with Crippen LogP contribution >= 0.6 is 0 Å². The highest BCUT2D eigenvalue weighted by Gasteiger charge is 2.36. The van der Waals surface area contributed by atoms with Crippen LogP contribution in [-0.2, 0) is 27.4 Å². The molecule has 0 aliphatic carbocycles. The summed E-state index contributed by atoms with van der Waals surface area (Å²) in [6.07, 6.45) is 4.79. The Morgan fingerprint density at radius 1 is 0.974 bits per heavy atom. The molecule has 3 rings (SSSR count). The third-order valence-electron chi connectivity index (χ3n) is 7.24. The number of Topliss-reactive ketones (excluding diaryl/α,β-unsaturated/α-hetero) is 1. The number of nitrogens with zero attached hydrogens (tertiary/aromatic N) is 1. The number of carbonyl (C=O) groups excluding carboxylic acids is 2. The molecule has 1 heterocycles. The summed E-state index contributed by atoms with van der Waals surface area (Å²) in [7, 11) is 0. The van der Waals surface area contributed by atoms with Crippen molar-refractivity contribution in [3.05, 3.63) is 65.7 Å². The summed E-state index contributed by atoms with van der Waals surface area (Å²) in [6, 6.07) is 18.2. The van der Waals surface area contributed by atoms with Crippen LogP contribution in [0.3, 0.4) is 0 Å². The Morgan fingerprint density at radius 3 is 2.29 bits per heavy atom. The maximum Gasteiger partial charge on any atom is 0.310 e. The van der Waals surface area contributed by atoms with E-state index < -0.39 is 11.5 Å². The lowest BCUT2D eigenvalue weighted by molar-refractivity contribution is -0.161. The molecule has 1 aliphatic heterocycles. The van der Waals surface area contributed by atoms with Crippen LogP contribution in [-0.4, -0.2) is 40.9 Å². The zero-order valence-electron chi connectivity index (χ0n) is 24.2. The van der Waals surface area contributed by atoms with E-state index in [1.54, 1.807) is 0 Å². The van der Waals surface area contributed by atoms with Gasteiger partial charge in [0.1, 0.15) is 18.0 Å². The summed E-state index contributed by atoms with van der Waals surface area (Å²) in [4.78, 5) is 29.3. The van der Waals surface area contributed by atoms with Gasteiger partial charge in [-0.25, -0.2) is 0 Å². The summed E-state index contributed by atoms with van der Waals surface area (Å²) in [5.74, 6) is 0.724. The van der Waals surface area contributed by atoms with Crippen LogP contribution in [0.15, 0.2) is 54.6 Å². The van der Waals surface area contributed by atoms with E-state index in [1.807, 2.05) is 75.4 Å². The van der Waals surface area contributed by atoms with Crippen LogP contribution in [0.2, 0.25) is 0 Å². The van der Waals surface area contributed by atoms with Gasteiger partial charge in [-0.1, -0.05) is 56.3 Å². The van der Waals surface area contributed by atoms with Gasteiger partial charge in [0, 0.05) is 12.5 Å². The van der Waals surface area contributed by atoms with Crippen molar-refractivity contribution in [2.24, 2.45) is 11.8 Å². The lowest BCUT2D eigenvalue weighted by atomic mass is 9.87. The first-order valence-corrected chi connectivity index (χ1v) is 14.3. The number of ether oxygens (including phenoxy) is 2. The van der Waals surface area contributed by atoms with Gasteiger partial charge in [0.05, 0.1) is 12.0 Å². The van der Waals surface area contributed by atoms with Gasteiger partial charge in [0.15, 0.2) is 5.78 Å². The molecule has 0 aromatic heterocycles. The number of esters is 1. The Bertz CT molecular complexity index is 1010. The van der Waals surface area contributed by atoms with Gasteiger partial charge >= 0.3 is 5.97 Å². The molecule has 208 valence electrons. The molecule has 2 aromatic carbocycles. The lowest BCUT2D eigenvalue weighted by Crippen LogP contribution is -2.50. The van der Waals surface area contributed by atoms with Gasteiger partial charge in [0.2, 0.25) is 0 Å². The van der Waals surface area contributed by atoms with Crippen molar-refractivity contribution in [2.75, 3.05) is 6.54 Å². The van der Waals surface area contributed by atoms with E-state index >= 15 is 0 Å². The number of ketones is 1. The molecule has 5 nitrogen and oxygen atoms in total. The van der Waals surface area contributed by atoms with Gasteiger partial charge in [-0.3, -0.25) is 14.5 Å². The minimum Gasteiger partial charge on any atom is -0.489 e. The molecule has 1 fully saturated rings. The number of benzene rings is 2. The largest absolute Gasteiger partial charge is 0.489 e.